The Morgan fingerprint density at radius 1 is 1.26 bits per heavy atom. The molecule has 0 amide bonds. The van der Waals surface area contributed by atoms with Gasteiger partial charge in [0.25, 0.3) is 0 Å². The summed E-state index contributed by atoms with van der Waals surface area (Å²) in [5.41, 5.74) is 3.67. The van der Waals surface area contributed by atoms with Crippen LogP contribution >= 0.6 is 15.9 Å². The van der Waals surface area contributed by atoms with Gasteiger partial charge in [-0.05, 0) is 52.2 Å². The van der Waals surface area contributed by atoms with Crippen molar-refractivity contribution in [2.24, 2.45) is 0 Å². The fraction of sp³-hybridized carbons (Fsp3) is 0.250. The number of aryl methyl sites for hydroxylation is 1. The average molecular weight is 318 g/mol. The lowest BCUT2D eigenvalue weighted by atomic mass is 10.1. The Balaban J connectivity index is 1.63. The van der Waals surface area contributed by atoms with Crippen LogP contribution in [0.25, 0.3) is 0 Å². The van der Waals surface area contributed by atoms with Crippen molar-refractivity contribution >= 4 is 21.6 Å². The van der Waals surface area contributed by atoms with Crippen molar-refractivity contribution in [1.29, 1.82) is 0 Å². The number of nitrogens with one attached hydrogen (secondary N) is 1. The molecule has 1 unspecified atom stereocenters. The van der Waals surface area contributed by atoms with Crippen LogP contribution in [0.2, 0.25) is 0 Å². The third kappa shape index (κ3) is 2.76. The second-order valence-electron chi connectivity index (χ2n) is 4.92. The van der Waals surface area contributed by atoms with Gasteiger partial charge in [-0.15, -0.1) is 0 Å². The predicted molar refractivity (Wildman–Crippen MR) is 81.9 cm³/mol. The summed E-state index contributed by atoms with van der Waals surface area (Å²) in [6.45, 7) is 2.90. The lowest BCUT2D eigenvalue weighted by Gasteiger charge is -2.14. The van der Waals surface area contributed by atoms with E-state index < -0.39 is 0 Å². The van der Waals surface area contributed by atoms with Crippen LogP contribution in [-0.4, -0.2) is 12.6 Å². The summed E-state index contributed by atoms with van der Waals surface area (Å²) in [6.07, 6.45) is 1.19. The third-order valence-electron chi connectivity index (χ3n) is 3.36. The highest BCUT2D eigenvalue weighted by molar-refractivity contribution is 9.10. The third-order valence-corrected chi connectivity index (χ3v) is 4.01. The van der Waals surface area contributed by atoms with Crippen molar-refractivity contribution in [3.63, 3.8) is 0 Å². The molecule has 0 fully saturated rings. The first-order chi connectivity index (χ1) is 9.22. The van der Waals surface area contributed by atoms with E-state index in [2.05, 4.69) is 58.5 Å². The van der Waals surface area contributed by atoms with Gasteiger partial charge in [-0.3, -0.25) is 0 Å². The molecule has 0 radical (unpaired) electrons. The summed E-state index contributed by atoms with van der Waals surface area (Å²) in [7, 11) is 0. The Morgan fingerprint density at radius 3 is 2.89 bits per heavy atom. The molecular formula is C16H16BrNO. The van der Waals surface area contributed by atoms with Crippen LogP contribution in [0.1, 0.15) is 11.1 Å². The maximum atomic E-state index is 5.91. The van der Waals surface area contributed by atoms with E-state index in [0.717, 1.165) is 28.9 Å². The highest BCUT2D eigenvalue weighted by Gasteiger charge is 2.21. The highest BCUT2D eigenvalue weighted by Crippen LogP contribution is 2.29. The molecule has 0 aromatic heterocycles. The first-order valence-electron chi connectivity index (χ1n) is 6.47. The zero-order valence-electron chi connectivity index (χ0n) is 10.8. The minimum absolute atomic E-state index is 0.214. The van der Waals surface area contributed by atoms with Crippen LogP contribution in [-0.2, 0) is 6.42 Å². The second kappa shape index (κ2) is 5.25. The Bertz CT molecular complexity index is 572. The number of anilines is 1. The number of benzene rings is 2. The van der Waals surface area contributed by atoms with Gasteiger partial charge in [0.2, 0.25) is 0 Å². The van der Waals surface area contributed by atoms with Crippen LogP contribution in [0.15, 0.2) is 46.9 Å². The van der Waals surface area contributed by atoms with Gasteiger partial charge >= 0.3 is 0 Å². The summed E-state index contributed by atoms with van der Waals surface area (Å²) in [5, 5.41) is 3.45. The maximum absolute atomic E-state index is 5.91. The first-order valence-corrected chi connectivity index (χ1v) is 7.26. The molecule has 2 aromatic rings. The largest absolute Gasteiger partial charge is 0.488 e. The second-order valence-corrected chi connectivity index (χ2v) is 5.77. The smallest absolute Gasteiger partial charge is 0.123 e. The minimum atomic E-state index is 0.214. The summed E-state index contributed by atoms with van der Waals surface area (Å²) in [4.78, 5) is 0. The maximum Gasteiger partial charge on any atom is 0.123 e. The molecule has 98 valence electrons. The summed E-state index contributed by atoms with van der Waals surface area (Å²) in [6, 6.07) is 14.6. The molecule has 0 spiro atoms. The van der Waals surface area contributed by atoms with E-state index in [0.29, 0.717) is 0 Å². The van der Waals surface area contributed by atoms with E-state index >= 15 is 0 Å². The first kappa shape index (κ1) is 12.5. The molecule has 2 nitrogen and oxygen atoms in total. The fourth-order valence-electron chi connectivity index (χ4n) is 2.36. The zero-order valence-corrected chi connectivity index (χ0v) is 12.4. The number of hydrogen-bond acceptors (Lipinski definition) is 2. The van der Waals surface area contributed by atoms with Crippen LogP contribution in [0.5, 0.6) is 5.75 Å². The lowest BCUT2D eigenvalue weighted by molar-refractivity contribution is 0.246. The summed E-state index contributed by atoms with van der Waals surface area (Å²) in [5.74, 6) is 1.03. The van der Waals surface area contributed by atoms with Gasteiger partial charge in [0.15, 0.2) is 0 Å². The van der Waals surface area contributed by atoms with Gasteiger partial charge in [0.1, 0.15) is 11.9 Å². The van der Waals surface area contributed by atoms with E-state index in [9.17, 15) is 0 Å². The molecular weight excluding hydrogens is 302 g/mol. The minimum Gasteiger partial charge on any atom is -0.488 e. The fourth-order valence-corrected chi connectivity index (χ4v) is 2.99. The topological polar surface area (TPSA) is 21.3 Å². The molecule has 3 rings (SSSR count). The van der Waals surface area contributed by atoms with Gasteiger partial charge < -0.3 is 10.1 Å². The highest BCUT2D eigenvalue weighted by atomic mass is 79.9. The number of hydrogen-bond donors (Lipinski definition) is 1. The molecule has 1 heterocycles. The molecule has 1 atom stereocenters. The molecule has 2 aromatic carbocycles. The molecule has 19 heavy (non-hydrogen) atoms. The molecule has 0 bridgehead atoms. The van der Waals surface area contributed by atoms with Crippen molar-refractivity contribution in [3.8, 4) is 5.75 Å². The number of rotatable bonds is 3. The summed E-state index contributed by atoms with van der Waals surface area (Å²) < 4.78 is 7.01. The van der Waals surface area contributed by atoms with Crippen LogP contribution in [0.3, 0.4) is 0 Å². The standard InChI is InChI=1S/C16H16BrNO/c1-11-6-7-15(14(17)8-11)18-10-13-9-12-4-2-3-5-16(12)19-13/h2-8,13,18H,9-10H2,1H3. The van der Waals surface area contributed by atoms with Crippen molar-refractivity contribution in [2.75, 3.05) is 11.9 Å². The van der Waals surface area contributed by atoms with E-state index in [1.54, 1.807) is 0 Å². The number of para-hydroxylation sites is 1. The molecule has 1 aliphatic heterocycles. The number of fused-ring (bicyclic) bond motifs is 1. The molecule has 0 saturated heterocycles. The van der Waals surface area contributed by atoms with Crippen molar-refractivity contribution in [1.82, 2.24) is 0 Å². The van der Waals surface area contributed by atoms with Crippen molar-refractivity contribution < 1.29 is 4.74 Å². The monoisotopic (exact) mass is 317 g/mol. The zero-order chi connectivity index (χ0) is 13.2. The van der Waals surface area contributed by atoms with E-state index in [4.69, 9.17) is 4.74 Å². The average Bonchev–Trinajstić information content (AvgIpc) is 2.80. The van der Waals surface area contributed by atoms with Crippen LogP contribution in [0.4, 0.5) is 5.69 Å². The van der Waals surface area contributed by atoms with Gasteiger partial charge in [-0.2, -0.15) is 0 Å². The Kier molecular flexibility index (Phi) is 3.47. The summed E-state index contributed by atoms with van der Waals surface area (Å²) >= 11 is 3.58. The molecule has 1 aliphatic rings. The Hall–Kier alpha value is -1.48. The normalized spacial score (nSPS) is 16.8. The SMILES string of the molecule is Cc1ccc(NCC2Cc3ccccc3O2)c(Br)c1. The number of ether oxygens (including phenoxy) is 1. The molecule has 0 aliphatic carbocycles. The molecule has 3 heteroatoms. The Labute approximate surface area is 121 Å². The van der Waals surface area contributed by atoms with E-state index in [-0.39, 0.29) is 6.10 Å². The van der Waals surface area contributed by atoms with Crippen LogP contribution in [0, 0.1) is 6.92 Å². The van der Waals surface area contributed by atoms with Gasteiger partial charge in [0, 0.05) is 16.6 Å². The van der Waals surface area contributed by atoms with E-state index in [1.807, 2.05) is 12.1 Å². The van der Waals surface area contributed by atoms with Crippen LogP contribution < -0.4 is 10.1 Å². The Morgan fingerprint density at radius 2 is 2.11 bits per heavy atom. The lowest BCUT2D eigenvalue weighted by Crippen LogP contribution is -2.24. The van der Waals surface area contributed by atoms with E-state index in [1.165, 1.54) is 11.1 Å². The van der Waals surface area contributed by atoms with Gasteiger partial charge in [-0.1, -0.05) is 24.3 Å². The molecule has 1 N–H and O–H groups in total. The van der Waals surface area contributed by atoms with Crippen molar-refractivity contribution in [2.45, 2.75) is 19.4 Å². The van der Waals surface area contributed by atoms with Crippen molar-refractivity contribution in [3.05, 3.63) is 58.1 Å². The van der Waals surface area contributed by atoms with Gasteiger partial charge in [-0.25, -0.2) is 0 Å². The molecule has 0 saturated carbocycles. The van der Waals surface area contributed by atoms with Gasteiger partial charge in [0.05, 0.1) is 6.54 Å². The predicted octanol–water partition coefficient (Wildman–Crippen LogP) is 4.17. The number of halogens is 1. The quantitative estimate of drug-likeness (QED) is 0.917.